The summed E-state index contributed by atoms with van der Waals surface area (Å²) < 4.78 is 1.39. The van der Waals surface area contributed by atoms with Gasteiger partial charge in [-0.1, -0.05) is 24.3 Å². The van der Waals surface area contributed by atoms with E-state index in [9.17, 15) is 4.79 Å². The number of nitrogens with zero attached hydrogens (tertiary/aromatic N) is 2. The van der Waals surface area contributed by atoms with Crippen LogP contribution in [-0.4, -0.2) is 9.78 Å². The molecule has 2 aromatic rings. The fourth-order valence-electron chi connectivity index (χ4n) is 2.05. The van der Waals surface area contributed by atoms with Crippen LogP contribution in [0, 0.1) is 0 Å². The van der Waals surface area contributed by atoms with Gasteiger partial charge in [0.15, 0.2) is 0 Å². The fourth-order valence-corrected chi connectivity index (χ4v) is 2.05. The lowest BCUT2D eigenvalue weighted by Crippen LogP contribution is -2.19. The van der Waals surface area contributed by atoms with E-state index in [1.807, 2.05) is 12.1 Å². The van der Waals surface area contributed by atoms with Gasteiger partial charge in [0.1, 0.15) is 0 Å². The standard InChI is InChI=1S/C12H10N2O/c1-14-11(15)7-9-6-8-4-2-3-5-10(8)12(9)13-14/h2-5,7H,6H2,1H3. The van der Waals surface area contributed by atoms with Crippen LogP contribution in [0.3, 0.4) is 0 Å². The van der Waals surface area contributed by atoms with E-state index in [2.05, 4.69) is 17.2 Å². The summed E-state index contributed by atoms with van der Waals surface area (Å²) in [5.74, 6) is 0. The summed E-state index contributed by atoms with van der Waals surface area (Å²) in [7, 11) is 1.68. The first-order chi connectivity index (χ1) is 7.25. The molecule has 74 valence electrons. The maximum Gasteiger partial charge on any atom is 0.266 e. The van der Waals surface area contributed by atoms with Crippen molar-refractivity contribution in [1.29, 1.82) is 0 Å². The van der Waals surface area contributed by atoms with Crippen LogP contribution in [0.15, 0.2) is 35.1 Å². The van der Waals surface area contributed by atoms with E-state index in [0.29, 0.717) is 0 Å². The summed E-state index contributed by atoms with van der Waals surface area (Å²) in [6, 6.07) is 9.84. The zero-order valence-electron chi connectivity index (χ0n) is 8.40. The molecule has 0 saturated carbocycles. The summed E-state index contributed by atoms with van der Waals surface area (Å²) in [5, 5.41) is 4.30. The molecule has 1 heterocycles. The molecular weight excluding hydrogens is 188 g/mol. The quantitative estimate of drug-likeness (QED) is 0.546. The molecule has 3 nitrogen and oxygen atoms in total. The molecular formula is C12H10N2O. The Kier molecular flexibility index (Phi) is 1.57. The third-order valence-corrected chi connectivity index (χ3v) is 2.82. The summed E-state index contributed by atoms with van der Waals surface area (Å²) in [6.45, 7) is 0. The molecule has 0 fully saturated rings. The van der Waals surface area contributed by atoms with Crippen LogP contribution in [0.25, 0.3) is 11.3 Å². The van der Waals surface area contributed by atoms with E-state index >= 15 is 0 Å². The fraction of sp³-hybridized carbons (Fsp3) is 0.167. The molecule has 0 saturated heterocycles. The molecule has 1 aliphatic rings. The second-order valence-electron chi connectivity index (χ2n) is 3.81. The molecule has 0 unspecified atom stereocenters. The van der Waals surface area contributed by atoms with Crippen LogP contribution in [-0.2, 0) is 13.5 Å². The Morgan fingerprint density at radius 2 is 2.07 bits per heavy atom. The summed E-state index contributed by atoms with van der Waals surface area (Å²) in [4.78, 5) is 11.4. The first-order valence-corrected chi connectivity index (χ1v) is 4.91. The Hall–Kier alpha value is -1.90. The SMILES string of the molecule is Cn1nc2c(cc1=O)Cc1ccccc1-2. The minimum Gasteiger partial charge on any atom is -0.268 e. The number of rotatable bonds is 0. The molecule has 1 aromatic heterocycles. The molecule has 3 heteroatoms. The van der Waals surface area contributed by atoms with Gasteiger partial charge in [0.25, 0.3) is 5.56 Å². The summed E-state index contributed by atoms with van der Waals surface area (Å²) in [5.41, 5.74) is 4.36. The number of hydrogen-bond acceptors (Lipinski definition) is 2. The lowest BCUT2D eigenvalue weighted by Gasteiger charge is -2.01. The molecule has 0 amide bonds. The highest BCUT2D eigenvalue weighted by Gasteiger charge is 2.20. The molecule has 0 radical (unpaired) electrons. The van der Waals surface area contributed by atoms with Crippen molar-refractivity contribution in [2.24, 2.45) is 7.05 Å². The van der Waals surface area contributed by atoms with Crippen molar-refractivity contribution in [3.63, 3.8) is 0 Å². The molecule has 0 bridgehead atoms. The highest BCUT2D eigenvalue weighted by Crippen LogP contribution is 2.33. The minimum absolute atomic E-state index is 0.0402. The van der Waals surface area contributed by atoms with Crippen molar-refractivity contribution in [2.75, 3.05) is 0 Å². The third-order valence-electron chi connectivity index (χ3n) is 2.82. The summed E-state index contributed by atoms with van der Waals surface area (Å²) >= 11 is 0. The Labute approximate surface area is 87.0 Å². The van der Waals surface area contributed by atoms with Crippen molar-refractivity contribution < 1.29 is 0 Å². The largest absolute Gasteiger partial charge is 0.268 e. The van der Waals surface area contributed by atoms with Gasteiger partial charge in [0.2, 0.25) is 0 Å². The predicted molar refractivity (Wildman–Crippen MR) is 57.7 cm³/mol. The maximum atomic E-state index is 11.4. The Balaban J connectivity index is 2.33. The smallest absolute Gasteiger partial charge is 0.266 e. The summed E-state index contributed by atoms with van der Waals surface area (Å²) in [6.07, 6.45) is 0.828. The third kappa shape index (κ3) is 1.13. The topological polar surface area (TPSA) is 34.9 Å². The van der Waals surface area contributed by atoms with Crippen LogP contribution in [0.4, 0.5) is 0 Å². The lowest BCUT2D eigenvalue weighted by molar-refractivity contribution is 0.709. The Morgan fingerprint density at radius 3 is 2.93 bits per heavy atom. The predicted octanol–water partition coefficient (Wildman–Crippen LogP) is 1.35. The van der Waals surface area contributed by atoms with E-state index in [4.69, 9.17) is 0 Å². The molecule has 15 heavy (non-hydrogen) atoms. The van der Waals surface area contributed by atoms with Gasteiger partial charge in [-0.3, -0.25) is 4.79 Å². The maximum absolute atomic E-state index is 11.4. The highest BCUT2D eigenvalue weighted by atomic mass is 16.1. The first kappa shape index (κ1) is 8.41. The van der Waals surface area contributed by atoms with E-state index in [0.717, 1.165) is 23.2 Å². The van der Waals surface area contributed by atoms with Gasteiger partial charge in [-0.05, 0) is 11.1 Å². The zero-order chi connectivity index (χ0) is 10.4. The highest BCUT2D eigenvalue weighted by molar-refractivity contribution is 5.72. The number of fused-ring (bicyclic) bond motifs is 3. The van der Waals surface area contributed by atoms with Gasteiger partial charge in [0, 0.05) is 25.1 Å². The molecule has 1 aromatic carbocycles. The lowest BCUT2D eigenvalue weighted by atomic mass is 10.1. The van der Waals surface area contributed by atoms with Crippen molar-refractivity contribution in [2.45, 2.75) is 6.42 Å². The monoisotopic (exact) mass is 198 g/mol. The average Bonchev–Trinajstić information content (AvgIpc) is 2.57. The van der Waals surface area contributed by atoms with Gasteiger partial charge in [-0.25, -0.2) is 4.68 Å². The van der Waals surface area contributed by atoms with Crippen molar-refractivity contribution >= 4 is 0 Å². The van der Waals surface area contributed by atoms with Crippen molar-refractivity contribution in [1.82, 2.24) is 9.78 Å². The van der Waals surface area contributed by atoms with Crippen LogP contribution >= 0.6 is 0 Å². The molecule has 1 aliphatic carbocycles. The number of aryl methyl sites for hydroxylation is 1. The van der Waals surface area contributed by atoms with Gasteiger partial charge in [-0.2, -0.15) is 5.10 Å². The Bertz CT molecular complexity index is 599. The molecule has 0 atom stereocenters. The molecule has 3 rings (SSSR count). The van der Waals surface area contributed by atoms with Crippen LogP contribution in [0.2, 0.25) is 0 Å². The minimum atomic E-state index is -0.0402. The van der Waals surface area contributed by atoms with Crippen LogP contribution in [0.1, 0.15) is 11.1 Å². The second kappa shape index (κ2) is 2.79. The number of hydrogen-bond donors (Lipinski definition) is 0. The average molecular weight is 198 g/mol. The van der Waals surface area contributed by atoms with Crippen LogP contribution < -0.4 is 5.56 Å². The van der Waals surface area contributed by atoms with E-state index in [-0.39, 0.29) is 5.56 Å². The van der Waals surface area contributed by atoms with Gasteiger partial charge >= 0.3 is 0 Å². The van der Waals surface area contributed by atoms with Gasteiger partial charge in [-0.15, -0.1) is 0 Å². The van der Waals surface area contributed by atoms with E-state index < -0.39 is 0 Å². The van der Waals surface area contributed by atoms with Crippen molar-refractivity contribution in [3.8, 4) is 11.3 Å². The second-order valence-corrected chi connectivity index (χ2v) is 3.81. The zero-order valence-corrected chi connectivity index (χ0v) is 8.40. The molecule has 0 spiro atoms. The van der Waals surface area contributed by atoms with Gasteiger partial charge < -0.3 is 0 Å². The number of benzene rings is 1. The van der Waals surface area contributed by atoms with E-state index in [1.54, 1.807) is 13.1 Å². The molecule has 0 aliphatic heterocycles. The van der Waals surface area contributed by atoms with Crippen molar-refractivity contribution in [3.05, 3.63) is 51.8 Å². The first-order valence-electron chi connectivity index (χ1n) is 4.91. The van der Waals surface area contributed by atoms with E-state index in [1.165, 1.54) is 10.2 Å². The Morgan fingerprint density at radius 1 is 1.27 bits per heavy atom. The number of aromatic nitrogens is 2. The molecule has 0 N–H and O–H groups in total. The van der Waals surface area contributed by atoms with Gasteiger partial charge in [0.05, 0.1) is 5.69 Å². The normalized spacial score (nSPS) is 12.3. The van der Waals surface area contributed by atoms with Crippen LogP contribution in [0.5, 0.6) is 0 Å².